The zero-order valence-electron chi connectivity index (χ0n) is 7.23. The zero-order chi connectivity index (χ0) is 7.73. The van der Waals surface area contributed by atoms with Crippen molar-refractivity contribution in [3.8, 4) is 0 Å². The highest BCUT2D eigenvalue weighted by atomic mass is 16.5. The van der Waals surface area contributed by atoms with Crippen LogP contribution in [0.4, 0.5) is 0 Å². The molecule has 2 aliphatic rings. The standard InChI is InChI=1S/C9H17NO/c1-2-10-8-7-9(8)3-5-11-6-4-9/h8,10H,2-7H2,1H3. The molecule has 1 saturated carbocycles. The fourth-order valence-corrected chi connectivity index (χ4v) is 2.21. The molecule has 1 heterocycles. The fraction of sp³-hybridized carbons (Fsp3) is 1.00. The number of nitrogens with one attached hydrogen (secondary N) is 1. The first-order valence-electron chi connectivity index (χ1n) is 4.68. The lowest BCUT2D eigenvalue weighted by Crippen LogP contribution is -2.27. The average molecular weight is 155 g/mol. The summed E-state index contributed by atoms with van der Waals surface area (Å²) in [6, 6.07) is 0.816. The van der Waals surface area contributed by atoms with Crippen molar-refractivity contribution in [2.45, 2.75) is 32.2 Å². The summed E-state index contributed by atoms with van der Waals surface area (Å²) < 4.78 is 5.34. The van der Waals surface area contributed by atoms with E-state index in [9.17, 15) is 0 Å². The molecule has 1 spiro atoms. The van der Waals surface area contributed by atoms with Crippen LogP contribution in [0.2, 0.25) is 0 Å². The van der Waals surface area contributed by atoms with Gasteiger partial charge in [-0.1, -0.05) is 6.92 Å². The maximum Gasteiger partial charge on any atom is 0.0471 e. The quantitative estimate of drug-likeness (QED) is 0.646. The van der Waals surface area contributed by atoms with Gasteiger partial charge in [-0.05, 0) is 31.2 Å². The minimum atomic E-state index is 0.661. The van der Waals surface area contributed by atoms with Crippen LogP contribution >= 0.6 is 0 Å². The average Bonchev–Trinajstić information content (AvgIpc) is 2.66. The molecule has 64 valence electrons. The summed E-state index contributed by atoms with van der Waals surface area (Å²) in [5.74, 6) is 0. The third-order valence-corrected chi connectivity index (χ3v) is 3.13. The van der Waals surface area contributed by atoms with Gasteiger partial charge < -0.3 is 10.1 Å². The van der Waals surface area contributed by atoms with Crippen molar-refractivity contribution in [3.05, 3.63) is 0 Å². The van der Waals surface area contributed by atoms with Gasteiger partial charge in [0.25, 0.3) is 0 Å². The van der Waals surface area contributed by atoms with Crippen molar-refractivity contribution in [2.75, 3.05) is 19.8 Å². The van der Waals surface area contributed by atoms with Gasteiger partial charge in [0.15, 0.2) is 0 Å². The molecule has 1 aliphatic carbocycles. The van der Waals surface area contributed by atoms with E-state index in [0.29, 0.717) is 5.41 Å². The van der Waals surface area contributed by atoms with E-state index in [1.165, 1.54) is 19.3 Å². The molecule has 0 aromatic rings. The van der Waals surface area contributed by atoms with Crippen LogP contribution in [0.1, 0.15) is 26.2 Å². The summed E-state index contributed by atoms with van der Waals surface area (Å²) in [4.78, 5) is 0. The highest BCUT2D eigenvalue weighted by molar-refractivity contribution is 5.08. The number of rotatable bonds is 2. The normalized spacial score (nSPS) is 34.1. The Morgan fingerprint density at radius 1 is 1.45 bits per heavy atom. The minimum absolute atomic E-state index is 0.661. The van der Waals surface area contributed by atoms with E-state index in [2.05, 4.69) is 12.2 Å². The van der Waals surface area contributed by atoms with Crippen LogP contribution in [0.15, 0.2) is 0 Å². The zero-order valence-corrected chi connectivity index (χ0v) is 7.23. The van der Waals surface area contributed by atoms with Crippen LogP contribution in [-0.4, -0.2) is 25.8 Å². The molecule has 1 saturated heterocycles. The molecule has 11 heavy (non-hydrogen) atoms. The molecule has 0 bridgehead atoms. The molecule has 0 aromatic heterocycles. The summed E-state index contributed by atoms with van der Waals surface area (Å²) in [5, 5.41) is 3.52. The van der Waals surface area contributed by atoms with Crippen molar-refractivity contribution >= 4 is 0 Å². The maximum absolute atomic E-state index is 5.34. The van der Waals surface area contributed by atoms with Gasteiger partial charge in [-0.2, -0.15) is 0 Å². The van der Waals surface area contributed by atoms with Crippen molar-refractivity contribution in [2.24, 2.45) is 5.41 Å². The second-order valence-corrected chi connectivity index (χ2v) is 3.79. The minimum Gasteiger partial charge on any atom is -0.381 e. The lowest BCUT2D eigenvalue weighted by molar-refractivity contribution is 0.0544. The van der Waals surface area contributed by atoms with Gasteiger partial charge in [0.2, 0.25) is 0 Å². The predicted molar refractivity (Wildman–Crippen MR) is 44.6 cm³/mol. The highest BCUT2D eigenvalue weighted by Gasteiger charge is 2.53. The van der Waals surface area contributed by atoms with Crippen LogP contribution in [0.5, 0.6) is 0 Å². The molecular weight excluding hydrogens is 138 g/mol. The molecule has 0 aromatic carbocycles. The molecule has 0 amide bonds. The number of ether oxygens (including phenoxy) is 1. The van der Waals surface area contributed by atoms with E-state index in [-0.39, 0.29) is 0 Å². The smallest absolute Gasteiger partial charge is 0.0471 e. The topological polar surface area (TPSA) is 21.3 Å². The molecule has 2 nitrogen and oxygen atoms in total. The van der Waals surface area contributed by atoms with E-state index in [0.717, 1.165) is 25.8 Å². The van der Waals surface area contributed by atoms with Gasteiger partial charge in [0, 0.05) is 19.3 Å². The third-order valence-electron chi connectivity index (χ3n) is 3.13. The summed E-state index contributed by atoms with van der Waals surface area (Å²) in [5.41, 5.74) is 0.661. The van der Waals surface area contributed by atoms with E-state index >= 15 is 0 Å². The highest BCUT2D eigenvalue weighted by Crippen LogP contribution is 2.53. The molecule has 2 fully saturated rings. The molecule has 1 atom stereocenters. The Bertz CT molecular complexity index is 140. The first-order valence-corrected chi connectivity index (χ1v) is 4.68. The maximum atomic E-state index is 5.34. The monoisotopic (exact) mass is 155 g/mol. The Balaban J connectivity index is 1.84. The summed E-state index contributed by atoms with van der Waals surface area (Å²) >= 11 is 0. The van der Waals surface area contributed by atoms with Gasteiger partial charge in [0.1, 0.15) is 0 Å². The number of hydrogen-bond acceptors (Lipinski definition) is 2. The lowest BCUT2D eigenvalue weighted by atomic mass is 9.96. The van der Waals surface area contributed by atoms with E-state index in [1.807, 2.05) is 0 Å². The summed E-state index contributed by atoms with van der Waals surface area (Å²) in [6.07, 6.45) is 3.96. The number of hydrogen-bond donors (Lipinski definition) is 1. The van der Waals surface area contributed by atoms with Crippen molar-refractivity contribution in [3.63, 3.8) is 0 Å². The lowest BCUT2D eigenvalue weighted by Gasteiger charge is -2.22. The summed E-state index contributed by atoms with van der Waals surface area (Å²) in [7, 11) is 0. The van der Waals surface area contributed by atoms with Crippen LogP contribution < -0.4 is 5.32 Å². The van der Waals surface area contributed by atoms with Gasteiger partial charge in [-0.15, -0.1) is 0 Å². The first-order chi connectivity index (χ1) is 5.37. The molecule has 2 rings (SSSR count). The van der Waals surface area contributed by atoms with Crippen molar-refractivity contribution in [1.82, 2.24) is 5.32 Å². The molecule has 1 unspecified atom stereocenters. The Morgan fingerprint density at radius 3 is 2.82 bits per heavy atom. The van der Waals surface area contributed by atoms with Gasteiger partial charge in [0.05, 0.1) is 0 Å². The molecule has 2 heteroatoms. The Kier molecular flexibility index (Phi) is 1.90. The van der Waals surface area contributed by atoms with Crippen LogP contribution in [0.3, 0.4) is 0 Å². The Labute approximate surface area is 68.3 Å². The van der Waals surface area contributed by atoms with Crippen LogP contribution in [-0.2, 0) is 4.74 Å². The Hall–Kier alpha value is -0.0800. The Morgan fingerprint density at radius 2 is 2.18 bits per heavy atom. The van der Waals surface area contributed by atoms with Crippen molar-refractivity contribution in [1.29, 1.82) is 0 Å². The van der Waals surface area contributed by atoms with E-state index in [4.69, 9.17) is 4.74 Å². The molecule has 1 aliphatic heterocycles. The molecule has 1 N–H and O–H groups in total. The molecule has 0 radical (unpaired) electrons. The third kappa shape index (κ3) is 1.30. The second kappa shape index (κ2) is 2.76. The SMILES string of the molecule is CCNC1CC12CCOCC2. The van der Waals surface area contributed by atoms with Gasteiger partial charge in [-0.3, -0.25) is 0 Å². The predicted octanol–water partition coefficient (Wildman–Crippen LogP) is 1.17. The second-order valence-electron chi connectivity index (χ2n) is 3.79. The van der Waals surface area contributed by atoms with Crippen molar-refractivity contribution < 1.29 is 4.74 Å². The summed E-state index contributed by atoms with van der Waals surface area (Å²) in [6.45, 7) is 5.28. The largest absolute Gasteiger partial charge is 0.381 e. The van der Waals surface area contributed by atoms with E-state index in [1.54, 1.807) is 0 Å². The van der Waals surface area contributed by atoms with Crippen LogP contribution in [0, 0.1) is 5.41 Å². The van der Waals surface area contributed by atoms with E-state index < -0.39 is 0 Å². The first kappa shape index (κ1) is 7.56. The molecular formula is C9H17NO. The van der Waals surface area contributed by atoms with Crippen LogP contribution in [0.25, 0.3) is 0 Å². The fourth-order valence-electron chi connectivity index (χ4n) is 2.21. The van der Waals surface area contributed by atoms with Gasteiger partial charge >= 0.3 is 0 Å². The van der Waals surface area contributed by atoms with Gasteiger partial charge in [-0.25, -0.2) is 0 Å².